The number of hydrazine groups is 1. The van der Waals surface area contributed by atoms with Crippen LogP contribution in [0.2, 0.25) is 0 Å². The first-order chi connectivity index (χ1) is 8.58. The maximum Gasteiger partial charge on any atom is 0.285 e. The molecule has 0 radical (unpaired) electrons. The summed E-state index contributed by atoms with van der Waals surface area (Å²) in [5, 5.41) is 1.07. The molecular weight excluding hydrogens is 270 g/mol. The van der Waals surface area contributed by atoms with E-state index in [0.29, 0.717) is 14.9 Å². The summed E-state index contributed by atoms with van der Waals surface area (Å²) in [6.07, 6.45) is 3.28. The van der Waals surface area contributed by atoms with Crippen molar-refractivity contribution < 1.29 is 9.59 Å². The van der Waals surface area contributed by atoms with Gasteiger partial charge in [0.2, 0.25) is 5.91 Å². The molecule has 0 spiro atoms. The van der Waals surface area contributed by atoms with Gasteiger partial charge in [0.05, 0.1) is 10.6 Å². The average Bonchev–Trinajstić information content (AvgIpc) is 2.58. The van der Waals surface area contributed by atoms with Crippen LogP contribution in [0.15, 0.2) is 29.3 Å². The summed E-state index contributed by atoms with van der Waals surface area (Å²) < 4.78 is 0.303. The van der Waals surface area contributed by atoms with E-state index in [1.807, 2.05) is 6.07 Å². The lowest BCUT2D eigenvalue weighted by Gasteiger charge is -2.13. The minimum atomic E-state index is -0.342. The Bertz CT molecular complexity index is 542. The number of hydrogen-bond acceptors (Lipinski definition) is 5. The molecule has 1 N–H and O–H groups in total. The van der Waals surface area contributed by atoms with E-state index in [4.69, 9.17) is 12.2 Å². The Morgan fingerprint density at radius 3 is 2.94 bits per heavy atom. The number of amides is 2. The van der Waals surface area contributed by atoms with Crippen LogP contribution >= 0.6 is 24.0 Å². The van der Waals surface area contributed by atoms with Crippen LogP contribution in [-0.4, -0.2) is 26.1 Å². The quantitative estimate of drug-likeness (QED) is 0.654. The molecule has 0 atom stereocenters. The number of nitrogens with one attached hydrogen (secondary N) is 1. The fourth-order valence-corrected chi connectivity index (χ4v) is 2.48. The molecule has 2 heterocycles. The topological polar surface area (TPSA) is 62.3 Å². The number of thioether (sulfide) groups is 1. The molecule has 1 saturated heterocycles. The molecule has 1 aromatic heterocycles. The third-order valence-corrected chi connectivity index (χ3v) is 3.33. The van der Waals surface area contributed by atoms with E-state index in [-0.39, 0.29) is 11.8 Å². The lowest BCUT2D eigenvalue weighted by atomic mass is 10.3. The summed E-state index contributed by atoms with van der Waals surface area (Å²) in [4.78, 5) is 27.4. The lowest BCUT2D eigenvalue weighted by Crippen LogP contribution is -2.43. The number of hydrogen-bond donors (Lipinski definition) is 1. The zero-order valence-electron chi connectivity index (χ0n) is 9.41. The van der Waals surface area contributed by atoms with E-state index in [2.05, 4.69) is 10.4 Å². The smallest absolute Gasteiger partial charge is 0.274 e. The number of pyridine rings is 1. The Hall–Kier alpha value is -1.73. The van der Waals surface area contributed by atoms with Crippen molar-refractivity contribution in [3.63, 3.8) is 0 Å². The van der Waals surface area contributed by atoms with Gasteiger partial charge in [0.25, 0.3) is 5.91 Å². The predicted octanol–water partition coefficient (Wildman–Crippen LogP) is 1.33. The molecule has 1 aliphatic rings. The van der Waals surface area contributed by atoms with Crippen LogP contribution in [0, 0.1) is 0 Å². The number of nitrogens with zero attached hydrogens (tertiary/aromatic N) is 2. The summed E-state index contributed by atoms with van der Waals surface area (Å²) in [6.45, 7) is 1.32. The fourth-order valence-electron chi connectivity index (χ4n) is 1.32. The first-order valence-electron chi connectivity index (χ1n) is 5.04. The van der Waals surface area contributed by atoms with Crippen molar-refractivity contribution in [1.29, 1.82) is 0 Å². The number of thiocarbonyl (C=S) groups is 1. The van der Waals surface area contributed by atoms with Crippen molar-refractivity contribution in [1.82, 2.24) is 15.4 Å². The molecule has 1 aliphatic heterocycles. The molecule has 18 heavy (non-hydrogen) atoms. The van der Waals surface area contributed by atoms with E-state index in [1.54, 1.807) is 24.4 Å². The normalized spacial score (nSPS) is 17.4. The molecule has 0 aromatic carbocycles. The van der Waals surface area contributed by atoms with E-state index in [0.717, 1.165) is 16.8 Å². The number of carbonyl (C=O) groups excluding carboxylic acids is 2. The minimum Gasteiger partial charge on any atom is -0.274 e. The molecule has 1 aromatic rings. The highest BCUT2D eigenvalue weighted by atomic mass is 32.2. The zero-order valence-corrected chi connectivity index (χ0v) is 11.0. The second kappa shape index (κ2) is 5.28. The standard InChI is InChI=1S/C11H9N3O2S2/c1-7(15)13-14-10(16)9(18-11(14)17)6-8-4-2-3-5-12-8/h2-6H,1H3,(H,13,15)/b9-6+. The van der Waals surface area contributed by atoms with Crippen molar-refractivity contribution in [3.05, 3.63) is 35.0 Å². The van der Waals surface area contributed by atoms with Crippen LogP contribution in [0.4, 0.5) is 0 Å². The van der Waals surface area contributed by atoms with Gasteiger partial charge in [0.1, 0.15) is 0 Å². The molecule has 0 saturated carbocycles. The predicted molar refractivity (Wildman–Crippen MR) is 73.1 cm³/mol. The van der Waals surface area contributed by atoms with Gasteiger partial charge >= 0.3 is 0 Å². The van der Waals surface area contributed by atoms with E-state index < -0.39 is 0 Å². The summed E-state index contributed by atoms with van der Waals surface area (Å²) in [6, 6.07) is 5.40. The van der Waals surface area contributed by atoms with Gasteiger partial charge in [-0.1, -0.05) is 17.8 Å². The van der Waals surface area contributed by atoms with Gasteiger partial charge in [0.15, 0.2) is 4.32 Å². The fraction of sp³-hybridized carbons (Fsp3) is 0.0909. The van der Waals surface area contributed by atoms with Crippen LogP contribution < -0.4 is 5.43 Å². The number of carbonyl (C=O) groups is 2. The van der Waals surface area contributed by atoms with Crippen LogP contribution in [0.1, 0.15) is 12.6 Å². The Labute approximate surface area is 113 Å². The van der Waals surface area contributed by atoms with Crippen LogP contribution in [0.25, 0.3) is 6.08 Å². The first kappa shape index (κ1) is 12.7. The summed E-state index contributed by atoms with van der Waals surface area (Å²) >= 11 is 6.15. The van der Waals surface area contributed by atoms with Crippen molar-refractivity contribution >= 4 is 46.2 Å². The Morgan fingerprint density at radius 2 is 2.33 bits per heavy atom. The largest absolute Gasteiger partial charge is 0.285 e. The molecule has 0 aliphatic carbocycles. The molecule has 5 nitrogen and oxygen atoms in total. The van der Waals surface area contributed by atoms with Gasteiger partial charge in [-0.15, -0.1) is 0 Å². The molecule has 7 heteroatoms. The molecule has 2 rings (SSSR count). The third kappa shape index (κ3) is 2.74. The number of aromatic nitrogens is 1. The molecule has 0 unspecified atom stereocenters. The molecular formula is C11H9N3O2S2. The van der Waals surface area contributed by atoms with Gasteiger partial charge in [-0.3, -0.25) is 20.0 Å². The van der Waals surface area contributed by atoms with Gasteiger partial charge in [-0.25, -0.2) is 0 Å². The van der Waals surface area contributed by atoms with E-state index >= 15 is 0 Å². The van der Waals surface area contributed by atoms with E-state index in [9.17, 15) is 9.59 Å². The second-order valence-electron chi connectivity index (χ2n) is 3.44. The molecule has 0 bridgehead atoms. The Kier molecular flexibility index (Phi) is 3.73. The summed E-state index contributed by atoms with van der Waals surface area (Å²) in [7, 11) is 0. The Morgan fingerprint density at radius 1 is 1.56 bits per heavy atom. The van der Waals surface area contributed by atoms with E-state index in [1.165, 1.54) is 6.92 Å². The van der Waals surface area contributed by atoms with Crippen molar-refractivity contribution in [2.75, 3.05) is 0 Å². The maximum absolute atomic E-state index is 12.0. The molecule has 1 fully saturated rings. The average molecular weight is 279 g/mol. The minimum absolute atomic E-state index is 0.303. The Balaban J connectivity index is 2.23. The highest BCUT2D eigenvalue weighted by Crippen LogP contribution is 2.30. The monoisotopic (exact) mass is 279 g/mol. The van der Waals surface area contributed by atoms with Crippen molar-refractivity contribution in [2.45, 2.75) is 6.92 Å². The lowest BCUT2D eigenvalue weighted by molar-refractivity contribution is -0.131. The van der Waals surface area contributed by atoms with Crippen LogP contribution in [0.3, 0.4) is 0 Å². The van der Waals surface area contributed by atoms with Crippen LogP contribution in [-0.2, 0) is 9.59 Å². The number of rotatable bonds is 2. The molecule has 2 amide bonds. The van der Waals surface area contributed by atoms with Gasteiger partial charge in [-0.05, 0) is 30.4 Å². The van der Waals surface area contributed by atoms with Gasteiger partial charge in [-0.2, -0.15) is 5.01 Å². The summed E-state index contributed by atoms with van der Waals surface area (Å²) in [5.41, 5.74) is 3.05. The van der Waals surface area contributed by atoms with Gasteiger partial charge in [0, 0.05) is 13.1 Å². The second-order valence-corrected chi connectivity index (χ2v) is 5.12. The van der Waals surface area contributed by atoms with Crippen LogP contribution in [0.5, 0.6) is 0 Å². The highest BCUT2D eigenvalue weighted by Gasteiger charge is 2.32. The van der Waals surface area contributed by atoms with Gasteiger partial charge < -0.3 is 0 Å². The third-order valence-electron chi connectivity index (χ3n) is 2.03. The SMILES string of the molecule is CC(=O)NN1C(=O)/C(=C\c2ccccn2)SC1=S. The molecule has 92 valence electrons. The maximum atomic E-state index is 12.0. The summed E-state index contributed by atoms with van der Waals surface area (Å²) in [5.74, 6) is -0.684. The first-order valence-corrected chi connectivity index (χ1v) is 6.26. The zero-order chi connectivity index (χ0) is 13.1. The highest BCUT2D eigenvalue weighted by molar-refractivity contribution is 8.26. The van der Waals surface area contributed by atoms with Crippen molar-refractivity contribution in [3.8, 4) is 0 Å². The van der Waals surface area contributed by atoms with Crippen molar-refractivity contribution in [2.24, 2.45) is 0 Å².